The zero-order valence-electron chi connectivity index (χ0n) is 15.3. The number of rotatable bonds is 8. The van der Waals surface area contributed by atoms with Crippen LogP contribution in [-0.4, -0.2) is 64.4 Å². The van der Waals surface area contributed by atoms with E-state index < -0.39 is 35.7 Å². The van der Waals surface area contributed by atoms with E-state index in [0.29, 0.717) is 6.42 Å². The largest absolute Gasteiger partial charge is 0.480 e. The number of hydrogen-bond donors (Lipinski definition) is 3. The van der Waals surface area contributed by atoms with Gasteiger partial charge in [-0.3, -0.25) is 9.69 Å². The fraction of sp³-hybridized carbons (Fsp3) is 0.812. The molecular formula is C16H30N2O6. The Balaban J connectivity index is 5.19. The summed E-state index contributed by atoms with van der Waals surface area (Å²) in [5, 5.41) is 20.4. The molecular weight excluding hydrogens is 316 g/mol. The molecule has 0 rings (SSSR count). The molecule has 0 aliphatic heterocycles. The Morgan fingerprint density at radius 3 is 2.12 bits per heavy atom. The van der Waals surface area contributed by atoms with Crippen molar-refractivity contribution in [3.8, 4) is 0 Å². The van der Waals surface area contributed by atoms with Crippen LogP contribution < -0.4 is 5.32 Å². The van der Waals surface area contributed by atoms with Crippen LogP contribution in [0.25, 0.3) is 0 Å². The molecule has 0 aliphatic rings. The third kappa shape index (κ3) is 8.14. The minimum atomic E-state index is -1.24. The molecule has 3 N–H and O–H groups in total. The van der Waals surface area contributed by atoms with Gasteiger partial charge in [0.05, 0.1) is 0 Å². The number of aliphatic carboxylic acids is 1. The molecule has 24 heavy (non-hydrogen) atoms. The van der Waals surface area contributed by atoms with Crippen LogP contribution >= 0.6 is 0 Å². The second kappa shape index (κ2) is 9.46. The number of carbonyl (C=O) groups is 3. The van der Waals surface area contributed by atoms with Gasteiger partial charge in [-0.1, -0.05) is 13.8 Å². The van der Waals surface area contributed by atoms with Crippen LogP contribution in [0, 0.1) is 5.92 Å². The normalized spacial score (nSPS) is 14.0. The van der Waals surface area contributed by atoms with Crippen molar-refractivity contribution in [1.29, 1.82) is 0 Å². The van der Waals surface area contributed by atoms with Gasteiger partial charge in [0.15, 0.2) is 0 Å². The van der Waals surface area contributed by atoms with Gasteiger partial charge in [0.1, 0.15) is 17.7 Å². The molecule has 0 saturated heterocycles. The number of aliphatic hydroxyl groups excluding tert-OH is 1. The first-order valence-corrected chi connectivity index (χ1v) is 7.98. The lowest BCUT2D eigenvalue weighted by molar-refractivity contribution is -0.143. The van der Waals surface area contributed by atoms with Gasteiger partial charge in [0, 0.05) is 20.1 Å². The average molecular weight is 346 g/mol. The third-order valence-electron chi connectivity index (χ3n) is 3.18. The fourth-order valence-electron chi connectivity index (χ4n) is 2.00. The highest BCUT2D eigenvalue weighted by Crippen LogP contribution is 2.16. The standard InChI is InChI=1S/C16H30N2O6/c1-10(2)9-12(18(6)15(23)24-16(3,4)5)13(20)17-11(7-8-19)14(21)22/h10-12,19H,7-9H2,1-6H3,(H,17,20)(H,21,22). The first kappa shape index (κ1) is 22.2. The Morgan fingerprint density at radius 1 is 1.21 bits per heavy atom. The van der Waals surface area contributed by atoms with E-state index in [2.05, 4.69) is 5.32 Å². The molecule has 0 aliphatic carbocycles. The van der Waals surface area contributed by atoms with E-state index in [0.717, 1.165) is 0 Å². The Bertz CT molecular complexity index is 444. The van der Waals surface area contributed by atoms with Gasteiger partial charge in [-0.15, -0.1) is 0 Å². The summed E-state index contributed by atoms with van der Waals surface area (Å²) in [5.74, 6) is -1.72. The molecule has 8 heteroatoms. The van der Waals surface area contributed by atoms with E-state index in [1.807, 2.05) is 13.8 Å². The summed E-state index contributed by atoms with van der Waals surface area (Å²) in [5.41, 5.74) is -0.704. The number of aliphatic hydroxyl groups is 1. The van der Waals surface area contributed by atoms with Crippen molar-refractivity contribution in [3.63, 3.8) is 0 Å². The lowest BCUT2D eigenvalue weighted by Crippen LogP contribution is -2.53. The zero-order chi connectivity index (χ0) is 19.1. The predicted octanol–water partition coefficient (Wildman–Crippen LogP) is 1.22. The van der Waals surface area contributed by atoms with E-state index >= 15 is 0 Å². The summed E-state index contributed by atoms with van der Waals surface area (Å²) in [6.07, 6.45) is -0.407. The SMILES string of the molecule is CC(C)CC(C(=O)NC(CCO)C(=O)O)N(C)C(=O)OC(C)(C)C. The smallest absolute Gasteiger partial charge is 0.410 e. The predicted molar refractivity (Wildman–Crippen MR) is 88.5 cm³/mol. The van der Waals surface area contributed by atoms with Crippen LogP contribution in [-0.2, 0) is 14.3 Å². The highest BCUT2D eigenvalue weighted by atomic mass is 16.6. The molecule has 140 valence electrons. The van der Waals surface area contributed by atoms with Crippen LogP contribution in [0.4, 0.5) is 4.79 Å². The minimum Gasteiger partial charge on any atom is -0.480 e. The van der Waals surface area contributed by atoms with Crippen LogP contribution in [0.15, 0.2) is 0 Å². The number of carbonyl (C=O) groups excluding carboxylic acids is 2. The Labute approximate surface area is 143 Å². The number of ether oxygens (including phenoxy) is 1. The molecule has 2 amide bonds. The highest BCUT2D eigenvalue weighted by Gasteiger charge is 2.32. The van der Waals surface area contributed by atoms with Crippen molar-refractivity contribution >= 4 is 18.0 Å². The Kier molecular flexibility index (Phi) is 8.74. The topological polar surface area (TPSA) is 116 Å². The third-order valence-corrected chi connectivity index (χ3v) is 3.18. The lowest BCUT2D eigenvalue weighted by Gasteiger charge is -2.31. The highest BCUT2D eigenvalue weighted by molar-refractivity contribution is 5.89. The summed E-state index contributed by atoms with van der Waals surface area (Å²) in [7, 11) is 1.45. The number of amides is 2. The Morgan fingerprint density at radius 2 is 1.75 bits per heavy atom. The van der Waals surface area contributed by atoms with E-state index in [4.69, 9.17) is 14.9 Å². The van der Waals surface area contributed by atoms with Gasteiger partial charge in [-0.2, -0.15) is 0 Å². The molecule has 0 radical (unpaired) electrons. The first-order valence-electron chi connectivity index (χ1n) is 7.98. The molecule has 0 bridgehead atoms. The molecule has 2 unspecified atom stereocenters. The van der Waals surface area contributed by atoms with Gasteiger partial charge in [-0.25, -0.2) is 9.59 Å². The average Bonchev–Trinajstić information content (AvgIpc) is 2.41. The molecule has 2 atom stereocenters. The van der Waals surface area contributed by atoms with Gasteiger partial charge in [-0.05, 0) is 33.1 Å². The maximum Gasteiger partial charge on any atom is 0.410 e. The van der Waals surface area contributed by atoms with Gasteiger partial charge in [0.25, 0.3) is 0 Å². The maximum atomic E-state index is 12.5. The molecule has 0 spiro atoms. The van der Waals surface area contributed by atoms with Gasteiger partial charge < -0.3 is 20.3 Å². The van der Waals surface area contributed by atoms with Crippen LogP contribution in [0.2, 0.25) is 0 Å². The van der Waals surface area contributed by atoms with Gasteiger partial charge in [0.2, 0.25) is 5.91 Å². The number of carboxylic acid groups (broad SMARTS) is 1. The zero-order valence-corrected chi connectivity index (χ0v) is 15.3. The summed E-state index contributed by atoms with van der Waals surface area (Å²) < 4.78 is 5.26. The number of carboxylic acids is 1. The number of likely N-dealkylation sites (N-methyl/N-ethyl adjacent to an activating group) is 1. The molecule has 0 aromatic carbocycles. The summed E-state index contributed by atoms with van der Waals surface area (Å²) in [6.45, 7) is 8.58. The molecule has 0 aromatic heterocycles. The molecule has 0 heterocycles. The minimum absolute atomic E-state index is 0.103. The maximum absolute atomic E-state index is 12.5. The lowest BCUT2D eigenvalue weighted by atomic mass is 10.0. The quantitative estimate of drug-likeness (QED) is 0.608. The van der Waals surface area contributed by atoms with Crippen molar-refractivity contribution < 1.29 is 29.3 Å². The summed E-state index contributed by atoms with van der Waals surface area (Å²) >= 11 is 0. The van der Waals surface area contributed by atoms with Gasteiger partial charge >= 0.3 is 12.1 Å². The fourth-order valence-corrected chi connectivity index (χ4v) is 2.00. The van der Waals surface area contributed by atoms with E-state index in [1.165, 1.54) is 11.9 Å². The molecule has 0 aromatic rings. The summed E-state index contributed by atoms with van der Waals surface area (Å²) in [4.78, 5) is 37.0. The van der Waals surface area contributed by atoms with Crippen molar-refractivity contribution in [1.82, 2.24) is 10.2 Å². The Hall–Kier alpha value is -1.83. The van der Waals surface area contributed by atoms with Crippen molar-refractivity contribution in [2.24, 2.45) is 5.92 Å². The van der Waals surface area contributed by atoms with Crippen LogP contribution in [0.1, 0.15) is 47.5 Å². The van der Waals surface area contributed by atoms with E-state index in [-0.39, 0.29) is 18.9 Å². The molecule has 0 fully saturated rings. The van der Waals surface area contributed by atoms with Crippen molar-refractivity contribution in [2.75, 3.05) is 13.7 Å². The number of hydrogen-bond acceptors (Lipinski definition) is 5. The van der Waals surface area contributed by atoms with Crippen LogP contribution in [0.5, 0.6) is 0 Å². The van der Waals surface area contributed by atoms with Crippen molar-refractivity contribution in [2.45, 2.75) is 65.1 Å². The molecule has 0 saturated carbocycles. The van der Waals surface area contributed by atoms with Crippen molar-refractivity contribution in [3.05, 3.63) is 0 Å². The monoisotopic (exact) mass is 346 g/mol. The van der Waals surface area contributed by atoms with E-state index in [9.17, 15) is 14.4 Å². The van der Waals surface area contributed by atoms with Crippen LogP contribution in [0.3, 0.4) is 0 Å². The molecule has 8 nitrogen and oxygen atoms in total. The second-order valence-corrected chi connectivity index (χ2v) is 7.15. The van der Waals surface area contributed by atoms with E-state index in [1.54, 1.807) is 20.8 Å². The number of nitrogens with zero attached hydrogens (tertiary/aromatic N) is 1. The second-order valence-electron chi connectivity index (χ2n) is 7.15. The number of nitrogens with one attached hydrogen (secondary N) is 1. The first-order chi connectivity index (χ1) is 10.9. The summed E-state index contributed by atoms with van der Waals surface area (Å²) in [6, 6.07) is -2.07.